The van der Waals surface area contributed by atoms with Gasteiger partial charge in [-0.1, -0.05) is 26.0 Å². The van der Waals surface area contributed by atoms with E-state index in [1.54, 1.807) is 33.4 Å². The van der Waals surface area contributed by atoms with Gasteiger partial charge in [0, 0.05) is 29.8 Å². The zero-order valence-electron chi connectivity index (χ0n) is 21.6. The van der Waals surface area contributed by atoms with E-state index in [1.165, 1.54) is 5.01 Å². The Kier molecular flexibility index (Phi) is 8.38. The molecule has 0 radical (unpaired) electrons. The van der Waals surface area contributed by atoms with Crippen LogP contribution in [0, 0.1) is 5.92 Å². The molecule has 0 aromatic heterocycles. The molecular weight excluding hydrogens is 444 g/mol. The van der Waals surface area contributed by atoms with E-state index in [2.05, 4.69) is 24.5 Å². The third-order valence-corrected chi connectivity index (χ3v) is 6.05. The lowest BCUT2D eigenvalue weighted by molar-refractivity contribution is 0.0936. The first kappa shape index (κ1) is 26.1. The Balaban J connectivity index is 2.03. The minimum atomic E-state index is -0.295. The van der Waals surface area contributed by atoms with Gasteiger partial charge in [-0.15, -0.1) is 0 Å². The van der Waals surface area contributed by atoms with Gasteiger partial charge in [0.05, 0.1) is 26.0 Å². The van der Waals surface area contributed by atoms with E-state index >= 15 is 0 Å². The lowest BCUT2D eigenvalue weighted by Gasteiger charge is -2.22. The zero-order chi connectivity index (χ0) is 25.7. The fraction of sp³-hybridized carbons (Fsp3) is 0.444. The van der Waals surface area contributed by atoms with Gasteiger partial charge in [-0.3, -0.25) is 4.79 Å². The number of amides is 3. The number of hydrazone groups is 1. The van der Waals surface area contributed by atoms with Crippen molar-refractivity contribution in [2.75, 3.05) is 21.3 Å². The fourth-order valence-corrected chi connectivity index (χ4v) is 4.40. The van der Waals surface area contributed by atoms with Crippen LogP contribution in [0.2, 0.25) is 0 Å². The Morgan fingerprint density at radius 2 is 1.71 bits per heavy atom. The topological polar surface area (TPSA) is 92.3 Å². The Morgan fingerprint density at radius 1 is 1.09 bits per heavy atom. The monoisotopic (exact) mass is 480 g/mol. The van der Waals surface area contributed by atoms with Crippen molar-refractivity contribution < 1.29 is 19.1 Å². The maximum absolute atomic E-state index is 12.7. The molecule has 3 amide bonds. The summed E-state index contributed by atoms with van der Waals surface area (Å²) in [5, 5.41) is 12.0. The van der Waals surface area contributed by atoms with Crippen LogP contribution in [-0.4, -0.2) is 56.0 Å². The van der Waals surface area contributed by atoms with E-state index in [1.807, 2.05) is 38.1 Å². The number of benzene rings is 2. The maximum atomic E-state index is 12.7. The molecule has 1 aliphatic rings. The molecule has 3 rings (SSSR count). The molecule has 8 heteroatoms. The first-order valence-electron chi connectivity index (χ1n) is 11.9. The highest BCUT2D eigenvalue weighted by Gasteiger charge is 2.28. The maximum Gasteiger partial charge on any atom is 0.337 e. The number of carbonyl (C=O) groups excluding carboxylic acids is 2. The van der Waals surface area contributed by atoms with Crippen LogP contribution in [0.3, 0.4) is 0 Å². The van der Waals surface area contributed by atoms with Gasteiger partial charge >= 0.3 is 6.03 Å². The Morgan fingerprint density at radius 3 is 2.29 bits per heavy atom. The molecule has 0 fully saturated rings. The largest absolute Gasteiger partial charge is 0.493 e. The number of ether oxygens (including phenoxy) is 2. The summed E-state index contributed by atoms with van der Waals surface area (Å²) in [6.07, 6.45) is 1.50. The standard InChI is InChI=1S/C27H36N4O4/c1-16(2)12-17(3)29-26(32)20-10-8-19(9-11-20)25-22-15-24(35-7)23(34-6)14-21(22)13-18(4)31(30-25)27(33)28-5/h8-11,14-18H,12-13H2,1-7H3,(H,28,33)(H,29,32). The van der Waals surface area contributed by atoms with Gasteiger partial charge in [0.25, 0.3) is 5.91 Å². The predicted molar refractivity (Wildman–Crippen MR) is 137 cm³/mol. The minimum Gasteiger partial charge on any atom is -0.493 e. The summed E-state index contributed by atoms with van der Waals surface area (Å²) in [7, 11) is 4.77. The van der Waals surface area contributed by atoms with Gasteiger partial charge < -0.3 is 20.1 Å². The van der Waals surface area contributed by atoms with Gasteiger partial charge in [0.15, 0.2) is 11.5 Å². The van der Waals surface area contributed by atoms with Gasteiger partial charge in [-0.05, 0) is 62.4 Å². The Bertz CT molecular complexity index is 1100. The number of methoxy groups -OCH3 is 2. The molecule has 2 unspecified atom stereocenters. The third kappa shape index (κ3) is 5.93. The second kappa shape index (κ2) is 11.3. The average molecular weight is 481 g/mol. The summed E-state index contributed by atoms with van der Waals surface area (Å²) < 4.78 is 11.0. The van der Waals surface area contributed by atoms with Crippen LogP contribution in [0.15, 0.2) is 41.5 Å². The molecule has 2 aromatic rings. The van der Waals surface area contributed by atoms with Crippen LogP contribution in [0.5, 0.6) is 11.5 Å². The van der Waals surface area contributed by atoms with E-state index in [9.17, 15) is 9.59 Å². The number of hydrogen-bond acceptors (Lipinski definition) is 5. The SMILES string of the molecule is CNC(=O)N1N=C(c2ccc(C(=O)NC(C)CC(C)C)cc2)c2cc(OC)c(OC)cc2CC1C. The first-order chi connectivity index (χ1) is 16.7. The molecule has 8 nitrogen and oxygen atoms in total. The number of carbonyl (C=O) groups is 2. The molecule has 2 aromatic carbocycles. The smallest absolute Gasteiger partial charge is 0.337 e. The van der Waals surface area contributed by atoms with Gasteiger partial charge in [-0.25, -0.2) is 9.80 Å². The summed E-state index contributed by atoms with van der Waals surface area (Å²) in [6.45, 7) is 8.24. The van der Waals surface area contributed by atoms with Crippen LogP contribution in [0.25, 0.3) is 0 Å². The van der Waals surface area contributed by atoms with Crippen LogP contribution in [-0.2, 0) is 6.42 Å². The highest BCUT2D eigenvalue weighted by molar-refractivity contribution is 6.15. The number of urea groups is 1. The van der Waals surface area contributed by atoms with Gasteiger partial charge in [0.1, 0.15) is 0 Å². The zero-order valence-corrected chi connectivity index (χ0v) is 21.6. The van der Waals surface area contributed by atoms with E-state index in [0.29, 0.717) is 35.1 Å². The predicted octanol–water partition coefficient (Wildman–Crippen LogP) is 4.21. The highest BCUT2D eigenvalue weighted by Crippen LogP contribution is 2.34. The highest BCUT2D eigenvalue weighted by atomic mass is 16.5. The van der Waals surface area contributed by atoms with Crippen LogP contribution in [0.4, 0.5) is 4.79 Å². The summed E-state index contributed by atoms with van der Waals surface area (Å²) in [5.41, 5.74) is 3.82. The van der Waals surface area contributed by atoms with E-state index < -0.39 is 0 Å². The van der Waals surface area contributed by atoms with Crippen molar-refractivity contribution >= 4 is 17.6 Å². The quantitative estimate of drug-likeness (QED) is 0.621. The van der Waals surface area contributed by atoms with Crippen molar-refractivity contribution in [2.24, 2.45) is 11.0 Å². The summed E-state index contributed by atoms with van der Waals surface area (Å²) in [5.74, 6) is 1.59. The second-order valence-electron chi connectivity index (χ2n) is 9.35. The fourth-order valence-electron chi connectivity index (χ4n) is 4.40. The van der Waals surface area contributed by atoms with E-state index in [4.69, 9.17) is 14.6 Å². The van der Waals surface area contributed by atoms with Crippen molar-refractivity contribution in [3.63, 3.8) is 0 Å². The summed E-state index contributed by atoms with van der Waals surface area (Å²) >= 11 is 0. The number of nitrogens with one attached hydrogen (secondary N) is 2. The molecule has 1 aliphatic heterocycles. The van der Waals surface area contributed by atoms with E-state index in [0.717, 1.165) is 23.1 Å². The van der Waals surface area contributed by atoms with Crippen LogP contribution in [0.1, 0.15) is 61.2 Å². The summed E-state index contributed by atoms with van der Waals surface area (Å²) in [4.78, 5) is 25.4. The molecule has 2 atom stereocenters. The molecular formula is C27H36N4O4. The van der Waals surface area contributed by atoms with Crippen molar-refractivity contribution in [3.8, 4) is 11.5 Å². The molecule has 1 heterocycles. The van der Waals surface area contributed by atoms with Crippen molar-refractivity contribution in [1.29, 1.82) is 0 Å². The Labute approximate surface area is 207 Å². The number of nitrogens with zero attached hydrogens (tertiary/aromatic N) is 2. The molecule has 188 valence electrons. The van der Waals surface area contributed by atoms with Gasteiger partial charge in [0.2, 0.25) is 0 Å². The van der Waals surface area contributed by atoms with Crippen molar-refractivity contribution in [2.45, 2.75) is 52.6 Å². The summed E-state index contributed by atoms with van der Waals surface area (Å²) in [6, 6.07) is 10.7. The van der Waals surface area contributed by atoms with E-state index in [-0.39, 0.29) is 24.0 Å². The number of rotatable bonds is 7. The molecule has 0 aliphatic carbocycles. The van der Waals surface area contributed by atoms with Crippen molar-refractivity contribution in [3.05, 3.63) is 58.7 Å². The number of hydrogen-bond donors (Lipinski definition) is 2. The molecule has 2 N–H and O–H groups in total. The van der Waals surface area contributed by atoms with Gasteiger partial charge in [-0.2, -0.15) is 5.10 Å². The van der Waals surface area contributed by atoms with Crippen molar-refractivity contribution in [1.82, 2.24) is 15.6 Å². The number of fused-ring (bicyclic) bond motifs is 1. The second-order valence-corrected chi connectivity index (χ2v) is 9.35. The molecule has 35 heavy (non-hydrogen) atoms. The molecule has 0 bridgehead atoms. The Hall–Kier alpha value is -3.55. The average Bonchev–Trinajstić information content (AvgIpc) is 2.97. The third-order valence-electron chi connectivity index (χ3n) is 6.05. The first-order valence-corrected chi connectivity index (χ1v) is 11.9. The molecule has 0 spiro atoms. The lowest BCUT2D eigenvalue weighted by Crippen LogP contribution is -2.41. The normalized spacial score (nSPS) is 16.1. The molecule has 0 saturated heterocycles. The van der Waals surface area contributed by atoms with Crippen LogP contribution >= 0.6 is 0 Å². The lowest BCUT2D eigenvalue weighted by atomic mass is 9.93. The molecule has 0 saturated carbocycles. The van der Waals surface area contributed by atoms with Crippen LogP contribution < -0.4 is 20.1 Å². The minimum absolute atomic E-state index is 0.0883.